The van der Waals surface area contributed by atoms with Crippen LogP contribution in [0.2, 0.25) is 0 Å². The third-order valence-corrected chi connectivity index (χ3v) is 2.62. The van der Waals surface area contributed by atoms with Crippen molar-refractivity contribution in [2.24, 2.45) is 0 Å². The van der Waals surface area contributed by atoms with Crippen LogP contribution in [0.4, 0.5) is 15.9 Å². The number of anilines is 2. The van der Waals surface area contributed by atoms with Gasteiger partial charge < -0.3 is 15.2 Å². The number of benzene rings is 1. The average molecular weight is 276 g/mol. The van der Waals surface area contributed by atoms with Gasteiger partial charge in [-0.05, 0) is 31.2 Å². The zero-order chi connectivity index (χ0) is 14.7. The molecule has 0 aliphatic heterocycles. The molecule has 0 fully saturated rings. The second-order valence-electron chi connectivity index (χ2n) is 4.16. The van der Waals surface area contributed by atoms with Gasteiger partial charge in [0, 0.05) is 17.4 Å². The second kappa shape index (κ2) is 5.56. The van der Waals surface area contributed by atoms with E-state index in [2.05, 4.69) is 10.3 Å². The first-order valence-corrected chi connectivity index (χ1v) is 5.82. The molecule has 0 atom stereocenters. The molecule has 2 N–H and O–H groups in total. The van der Waals surface area contributed by atoms with E-state index in [0.29, 0.717) is 17.2 Å². The zero-order valence-corrected chi connectivity index (χ0v) is 11.0. The lowest BCUT2D eigenvalue weighted by Crippen LogP contribution is -2.02. The number of nitrogens with zero attached hydrogens (tertiary/aromatic N) is 1. The highest BCUT2D eigenvalue weighted by Crippen LogP contribution is 2.23. The molecule has 104 valence electrons. The Labute approximate surface area is 115 Å². The summed E-state index contributed by atoms with van der Waals surface area (Å²) in [4.78, 5) is 15.1. The number of aromatic nitrogens is 1. The van der Waals surface area contributed by atoms with Crippen LogP contribution in [-0.4, -0.2) is 23.2 Å². The van der Waals surface area contributed by atoms with Crippen LogP contribution in [-0.2, 0) is 0 Å². The van der Waals surface area contributed by atoms with Crippen molar-refractivity contribution < 1.29 is 19.0 Å². The molecule has 0 aliphatic rings. The van der Waals surface area contributed by atoms with Gasteiger partial charge in [0.2, 0.25) is 0 Å². The van der Waals surface area contributed by atoms with E-state index < -0.39 is 11.8 Å². The third-order valence-electron chi connectivity index (χ3n) is 2.62. The van der Waals surface area contributed by atoms with Crippen molar-refractivity contribution in [2.45, 2.75) is 6.92 Å². The lowest BCUT2D eigenvalue weighted by Gasteiger charge is -2.09. The van der Waals surface area contributed by atoms with E-state index in [1.54, 1.807) is 13.0 Å². The number of aryl methyl sites for hydroxylation is 1. The number of rotatable bonds is 4. The van der Waals surface area contributed by atoms with E-state index in [0.717, 1.165) is 0 Å². The predicted molar refractivity (Wildman–Crippen MR) is 72.2 cm³/mol. The van der Waals surface area contributed by atoms with Gasteiger partial charge in [0.05, 0.1) is 12.7 Å². The van der Waals surface area contributed by atoms with E-state index in [-0.39, 0.29) is 11.3 Å². The van der Waals surface area contributed by atoms with Crippen LogP contribution in [0.1, 0.15) is 16.1 Å². The van der Waals surface area contributed by atoms with Gasteiger partial charge in [0.15, 0.2) is 11.6 Å². The number of methoxy groups -OCH3 is 1. The lowest BCUT2D eigenvalue weighted by atomic mass is 10.2. The molecule has 0 aliphatic carbocycles. The third kappa shape index (κ3) is 3.03. The van der Waals surface area contributed by atoms with Crippen LogP contribution >= 0.6 is 0 Å². The van der Waals surface area contributed by atoms with E-state index in [1.165, 1.54) is 31.4 Å². The number of pyridine rings is 1. The maximum absolute atomic E-state index is 13.6. The summed E-state index contributed by atoms with van der Waals surface area (Å²) in [5.74, 6) is -1.07. The molecule has 2 aromatic rings. The van der Waals surface area contributed by atoms with Crippen LogP contribution in [0, 0.1) is 12.7 Å². The summed E-state index contributed by atoms with van der Waals surface area (Å²) in [6.07, 6.45) is 0. The standard InChI is InChI=1S/C14H13FN2O3/c1-8-5-9(14(18)19)6-13(16-8)17-10-3-4-12(20-2)11(15)7-10/h3-7H,1-2H3,(H,16,17)(H,18,19). The first-order chi connectivity index (χ1) is 9.49. The van der Waals surface area contributed by atoms with Crippen molar-refractivity contribution in [3.8, 4) is 5.75 Å². The summed E-state index contributed by atoms with van der Waals surface area (Å²) in [6.45, 7) is 1.69. The first-order valence-electron chi connectivity index (χ1n) is 5.82. The number of carboxylic acid groups (broad SMARTS) is 1. The summed E-state index contributed by atoms with van der Waals surface area (Å²) in [5, 5.41) is 11.8. The predicted octanol–water partition coefficient (Wildman–Crippen LogP) is 2.98. The number of carboxylic acids is 1. The molecule has 0 unspecified atom stereocenters. The van der Waals surface area contributed by atoms with Crippen molar-refractivity contribution in [2.75, 3.05) is 12.4 Å². The maximum Gasteiger partial charge on any atom is 0.335 e. The van der Waals surface area contributed by atoms with Gasteiger partial charge in [-0.2, -0.15) is 0 Å². The molecule has 0 saturated carbocycles. The van der Waals surface area contributed by atoms with Gasteiger partial charge >= 0.3 is 5.97 Å². The van der Waals surface area contributed by atoms with Gasteiger partial charge in [-0.3, -0.25) is 0 Å². The number of hydrogen-bond donors (Lipinski definition) is 2. The van der Waals surface area contributed by atoms with E-state index in [4.69, 9.17) is 9.84 Å². The molecule has 0 bridgehead atoms. The zero-order valence-electron chi connectivity index (χ0n) is 11.0. The molecular weight excluding hydrogens is 263 g/mol. The summed E-state index contributed by atoms with van der Waals surface area (Å²) in [6, 6.07) is 7.20. The van der Waals surface area contributed by atoms with Crippen LogP contribution in [0.3, 0.4) is 0 Å². The monoisotopic (exact) mass is 276 g/mol. The van der Waals surface area contributed by atoms with Crippen molar-refractivity contribution >= 4 is 17.5 Å². The molecule has 0 saturated heterocycles. The molecule has 2 rings (SSSR count). The molecular formula is C14H13FN2O3. The smallest absolute Gasteiger partial charge is 0.335 e. The molecule has 0 amide bonds. The minimum Gasteiger partial charge on any atom is -0.494 e. The Hall–Kier alpha value is -2.63. The fourth-order valence-corrected chi connectivity index (χ4v) is 1.75. The van der Waals surface area contributed by atoms with Crippen molar-refractivity contribution in [3.05, 3.63) is 47.4 Å². The summed E-state index contributed by atoms with van der Waals surface area (Å²) < 4.78 is 18.4. The maximum atomic E-state index is 13.6. The molecule has 20 heavy (non-hydrogen) atoms. The van der Waals surface area contributed by atoms with Crippen LogP contribution in [0.5, 0.6) is 5.75 Å². The Morgan fingerprint density at radius 3 is 2.70 bits per heavy atom. The van der Waals surface area contributed by atoms with Crippen LogP contribution < -0.4 is 10.1 Å². The number of nitrogens with one attached hydrogen (secondary N) is 1. The lowest BCUT2D eigenvalue weighted by molar-refractivity contribution is 0.0696. The molecule has 0 spiro atoms. The minimum absolute atomic E-state index is 0.119. The first kappa shape index (κ1) is 13.8. The topological polar surface area (TPSA) is 71.5 Å². The van der Waals surface area contributed by atoms with Crippen LogP contribution in [0.15, 0.2) is 30.3 Å². The highest BCUT2D eigenvalue weighted by Gasteiger charge is 2.08. The Morgan fingerprint density at radius 2 is 2.10 bits per heavy atom. The number of carbonyl (C=O) groups is 1. The summed E-state index contributed by atoms with van der Waals surface area (Å²) in [7, 11) is 1.38. The van der Waals surface area contributed by atoms with Gasteiger partial charge in [-0.25, -0.2) is 14.2 Å². The fourth-order valence-electron chi connectivity index (χ4n) is 1.75. The highest BCUT2D eigenvalue weighted by atomic mass is 19.1. The second-order valence-corrected chi connectivity index (χ2v) is 4.16. The summed E-state index contributed by atoms with van der Waals surface area (Å²) >= 11 is 0. The van der Waals surface area contributed by atoms with Crippen molar-refractivity contribution in [3.63, 3.8) is 0 Å². The fraction of sp³-hybridized carbons (Fsp3) is 0.143. The van der Waals surface area contributed by atoms with E-state index >= 15 is 0 Å². The number of ether oxygens (including phenoxy) is 1. The van der Waals surface area contributed by atoms with Gasteiger partial charge in [0.1, 0.15) is 5.82 Å². The van der Waals surface area contributed by atoms with E-state index in [1.807, 2.05) is 0 Å². The molecule has 5 nitrogen and oxygen atoms in total. The largest absolute Gasteiger partial charge is 0.494 e. The van der Waals surface area contributed by atoms with E-state index in [9.17, 15) is 9.18 Å². The van der Waals surface area contributed by atoms with Crippen molar-refractivity contribution in [1.82, 2.24) is 4.98 Å². The number of halogens is 1. The average Bonchev–Trinajstić information content (AvgIpc) is 2.38. The van der Waals surface area contributed by atoms with Gasteiger partial charge in [-0.15, -0.1) is 0 Å². The SMILES string of the molecule is COc1ccc(Nc2cc(C(=O)O)cc(C)n2)cc1F. The Morgan fingerprint density at radius 1 is 1.35 bits per heavy atom. The number of hydrogen-bond acceptors (Lipinski definition) is 4. The normalized spacial score (nSPS) is 10.2. The quantitative estimate of drug-likeness (QED) is 0.898. The molecule has 1 aromatic carbocycles. The molecule has 6 heteroatoms. The van der Waals surface area contributed by atoms with Gasteiger partial charge in [0.25, 0.3) is 0 Å². The molecule has 0 radical (unpaired) electrons. The Bertz CT molecular complexity index is 659. The van der Waals surface area contributed by atoms with Crippen LogP contribution in [0.25, 0.3) is 0 Å². The highest BCUT2D eigenvalue weighted by molar-refractivity contribution is 5.88. The Kier molecular flexibility index (Phi) is 3.84. The summed E-state index contributed by atoms with van der Waals surface area (Å²) in [5.41, 5.74) is 1.13. The molecule has 1 heterocycles. The van der Waals surface area contributed by atoms with Gasteiger partial charge in [-0.1, -0.05) is 0 Å². The molecule has 1 aromatic heterocycles. The minimum atomic E-state index is -1.04. The number of aromatic carboxylic acids is 1. The Balaban J connectivity index is 2.30. The van der Waals surface area contributed by atoms with Crippen molar-refractivity contribution in [1.29, 1.82) is 0 Å².